The summed E-state index contributed by atoms with van der Waals surface area (Å²) in [6.45, 7) is 1.78. The van der Waals surface area contributed by atoms with E-state index in [1.165, 1.54) is 0 Å². The molecule has 1 aliphatic heterocycles. The topological polar surface area (TPSA) is 51.7 Å². The van der Waals surface area contributed by atoms with E-state index in [1.54, 1.807) is 31.6 Å². The highest BCUT2D eigenvalue weighted by Gasteiger charge is 2.25. The van der Waals surface area contributed by atoms with E-state index < -0.39 is 0 Å². The molecule has 0 radical (unpaired) electrons. The number of nitrogens with zero attached hydrogens (tertiary/aromatic N) is 2. The predicted molar refractivity (Wildman–Crippen MR) is 86.6 cm³/mol. The molecule has 1 unspecified atom stereocenters. The molecular formula is C18H20N2O3. The summed E-state index contributed by atoms with van der Waals surface area (Å²) in [6.07, 6.45) is 4.04. The van der Waals surface area contributed by atoms with Crippen molar-refractivity contribution in [1.29, 1.82) is 0 Å². The molecule has 0 aliphatic carbocycles. The van der Waals surface area contributed by atoms with Crippen molar-refractivity contribution in [3.63, 3.8) is 0 Å². The lowest BCUT2D eigenvalue weighted by atomic mass is 10.1. The first-order chi connectivity index (χ1) is 11.3. The fraction of sp³-hybridized carbons (Fsp3) is 0.333. The molecule has 1 fully saturated rings. The summed E-state index contributed by atoms with van der Waals surface area (Å²) >= 11 is 0. The minimum Gasteiger partial charge on any atom is -0.497 e. The molecule has 1 aromatic carbocycles. The number of carbonyl (C=O) groups is 1. The lowest BCUT2D eigenvalue weighted by Crippen LogP contribution is -2.46. The molecule has 1 atom stereocenters. The van der Waals surface area contributed by atoms with Gasteiger partial charge in [0.2, 0.25) is 0 Å². The van der Waals surface area contributed by atoms with Gasteiger partial charge in [-0.25, -0.2) is 0 Å². The molecule has 0 spiro atoms. The number of morpholine rings is 1. The number of benzene rings is 1. The van der Waals surface area contributed by atoms with Crippen molar-refractivity contribution in [3.05, 3.63) is 59.9 Å². The summed E-state index contributed by atoms with van der Waals surface area (Å²) in [4.78, 5) is 18.3. The SMILES string of the molecule is COc1cccc(CC2CN(C(=O)c3ccncc3)CCO2)c1. The molecule has 2 heterocycles. The van der Waals surface area contributed by atoms with Gasteiger partial charge in [0, 0.05) is 37.5 Å². The van der Waals surface area contributed by atoms with Crippen molar-refractivity contribution in [2.24, 2.45) is 0 Å². The fourth-order valence-electron chi connectivity index (χ4n) is 2.77. The van der Waals surface area contributed by atoms with Crippen LogP contribution in [0.15, 0.2) is 48.8 Å². The fourth-order valence-corrected chi connectivity index (χ4v) is 2.77. The molecule has 2 aromatic rings. The van der Waals surface area contributed by atoms with Crippen molar-refractivity contribution >= 4 is 5.91 Å². The third-order valence-corrected chi connectivity index (χ3v) is 3.95. The van der Waals surface area contributed by atoms with Gasteiger partial charge in [-0.05, 0) is 29.8 Å². The number of rotatable bonds is 4. The van der Waals surface area contributed by atoms with Crippen LogP contribution in [0.4, 0.5) is 0 Å². The lowest BCUT2D eigenvalue weighted by molar-refractivity contribution is -0.0208. The summed E-state index contributed by atoms with van der Waals surface area (Å²) in [7, 11) is 1.66. The Morgan fingerprint density at radius 3 is 2.96 bits per heavy atom. The maximum atomic E-state index is 12.5. The van der Waals surface area contributed by atoms with Gasteiger partial charge in [-0.1, -0.05) is 12.1 Å². The third-order valence-electron chi connectivity index (χ3n) is 3.95. The number of carbonyl (C=O) groups excluding carboxylic acids is 1. The van der Waals surface area contributed by atoms with E-state index in [9.17, 15) is 4.79 Å². The van der Waals surface area contributed by atoms with Crippen LogP contribution in [0.2, 0.25) is 0 Å². The second-order valence-electron chi connectivity index (χ2n) is 5.54. The van der Waals surface area contributed by atoms with Crippen LogP contribution >= 0.6 is 0 Å². The van der Waals surface area contributed by atoms with E-state index in [4.69, 9.17) is 9.47 Å². The largest absolute Gasteiger partial charge is 0.497 e. The van der Waals surface area contributed by atoms with E-state index in [1.807, 2.05) is 23.1 Å². The van der Waals surface area contributed by atoms with Crippen LogP contribution in [-0.2, 0) is 11.2 Å². The molecule has 3 rings (SSSR count). The van der Waals surface area contributed by atoms with Gasteiger partial charge in [0.05, 0.1) is 19.8 Å². The van der Waals surface area contributed by atoms with Gasteiger partial charge in [0.15, 0.2) is 0 Å². The highest BCUT2D eigenvalue weighted by atomic mass is 16.5. The highest BCUT2D eigenvalue weighted by Crippen LogP contribution is 2.18. The molecule has 0 bridgehead atoms. The van der Waals surface area contributed by atoms with E-state index in [0.29, 0.717) is 25.3 Å². The Kier molecular flexibility index (Phi) is 4.88. The second kappa shape index (κ2) is 7.24. The smallest absolute Gasteiger partial charge is 0.254 e. The molecule has 23 heavy (non-hydrogen) atoms. The quantitative estimate of drug-likeness (QED) is 0.868. The van der Waals surface area contributed by atoms with Gasteiger partial charge in [0.25, 0.3) is 5.91 Å². The molecule has 0 saturated carbocycles. The standard InChI is InChI=1S/C18H20N2O3/c1-22-16-4-2-3-14(11-16)12-17-13-20(9-10-23-17)18(21)15-5-7-19-8-6-15/h2-8,11,17H,9-10,12-13H2,1H3. The van der Waals surface area contributed by atoms with Crippen molar-refractivity contribution in [2.75, 3.05) is 26.8 Å². The third kappa shape index (κ3) is 3.87. The van der Waals surface area contributed by atoms with Crippen LogP contribution in [0.25, 0.3) is 0 Å². The van der Waals surface area contributed by atoms with Gasteiger partial charge in [0.1, 0.15) is 5.75 Å². The van der Waals surface area contributed by atoms with Crippen molar-refractivity contribution in [1.82, 2.24) is 9.88 Å². The Morgan fingerprint density at radius 2 is 2.17 bits per heavy atom. The van der Waals surface area contributed by atoms with Gasteiger partial charge < -0.3 is 14.4 Å². The summed E-state index contributed by atoms with van der Waals surface area (Å²) < 4.78 is 11.1. The maximum absolute atomic E-state index is 12.5. The number of ether oxygens (including phenoxy) is 2. The molecule has 1 aromatic heterocycles. The normalized spacial score (nSPS) is 17.8. The van der Waals surface area contributed by atoms with E-state index in [0.717, 1.165) is 17.7 Å². The van der Waals surface area contributed by atoms with Gasteiger partial charge in [-0.2, -0.15) is 0 Å². The number of methoxy groups -OCH3 is 1. The monoisotopic (exact) mass is 312 g/mol. The lowest BCUT2D eigenvalue weighted by Gasteiger charge is -2.33. The van der Waals surface area contributed by atoms with Crippen LogP contribution in [0, 0.1) is 0 Å². The van der Waals surface area contributed by atoms with Crippen LogP contribution < -0.4 is 4.74 Å². The average Bonchev–Trinajstić information content (AvgIpc) is 2.62. The maximum Gasteiger partial charge on any atom is 0.254 e. The minimum absolute atomic E-state index is 0.00152. The first kappa shape index (κ1) is 15.5. The number of pyridine rings is 1. The minimum atomic E-state index is 0.00152. The first-order valence-electron chi connectivity index (χ1n) is 7.70. The summed E-state index contributed by atoms with van der Waals surface area (Å²) in [5.74, 6) is 0.870. The molecule has 5 heteroatoms. The van der Waals surface area contributed by atoms with E-state index >= 15 is 0 Å². The average molecular weight is 312 g/mol. The molecule has 120 valence electrons. The van der Waals surface area contributed by atoms with E-state index in [2.05, 4.69) is 11.1 Å². The molecule has 1 amide bonds. The van der Waals surface area contributed by atoms with Crippen LogP contribution in [0.5, 0.6) is 5.75 Å². The Bertz CT molecular complexity index is 660. The zero-order valence-electron chi connectivity index (χ0n) is 13.1. The van der Waals surface area contributed by atoms with Crippen LogP contribution in [-0.4, -0.2) is 48.7 Å². The number of aromatic nitrogens is 1. The Hall–Kier alpha value is -2.40. The zero-order valence-corrected chi connectivity index (χ0v) is 13.1. The Morgan fingerprint density at radius 1 is 1.35 bits per heavy atom. The number of amides is 1. The summed E-state index contributed by atoms with van der Waals surface area (Å²) in [6, 6.07) is 11.4. The van der Waals surface area contributed by atoms with Gasteiger partial charge >= 0.3 is 0 Å². The van der Waals surface area contributed by atoms with Gasteiger partial charge in [-0.15, -0.1) is 0 Å². The zero-order chi connectivity index (χ0) is 16.1. The predicted octanol–water partition coefficient (Wildman–Crippen LogP) is 2.17. The molecule has 1 aliphatic rings. The molecular weight excluding hydrogens is 292 g/mol. The first-order valence-corrected chi connectivity index (χ1v) is 7.70. The van der Waals surface area contributed by atoms with Crippen molar-refractivity contribution < 1.29 is 14.3 Å². The highest BCUT2D eigenvalue weighted by molar-refractivity contribution is 5.94. The number of hydrogen-bond acceptors (Lipinski definition) is 4. The van der Waals surface area contributed by atoms with Crippen molar-refractivity contribution in [2.45, 2.75) is 12.5 Å². The van der Waals surface area contributed by atoms with Gasteiger partial charge in [-0.3, -0.25) is 9.78 Å². The van der Waals surface area contributed by atoms with E-state index in [-0.39, 0.29) is 12.0 Å². The summed E-state index contributed by atoms with van der Waals surface area (Å²) in [5, 5.41) is 0. The van der Waals surface area contributed by atoms with Crippen LogP contribution in [0.3, 0.4) is 0 Å². The molecule has 0 N–H and O–H groups in total. The molecule has 1 saturated heterocycles. The Balaban J connectivity index is 1.65. The van der Waals surface area contributed by atoms with Crippen molar-refractivity contribution in [3.8, 4) is 5.75 Å². The Labute approximate surface area is 135 Å². The molecule has 5 nitrogen and oxygen atoms in total. The summed E-state index contributed by atoms with van der Waals surface area (Å²) in [5.41, 5.74) is 1.81. The number of hydrogen-bond donors (Lipinski definition) is 0. The second-order valence-corrected chi connectivity index (χ2v) is 5.54. The van der Waals surface area contributed by atoms with Crippen LogP contribution in [0.1, 0.15) is 15.9 Å².